The quantitative estimate of drug-likeness (QED) is 0.258. The predicted molar refractivity (Wildman–Crippen MR) is 131 cm³/mol. The van der Waals surface area contributed by atoms with Crippen molar-refractivity contribution in [1.82, 2.24) is 15.5 Å². The average molecular weight is 505 g/mol. The van der Waals surface area contributed by atoms with Crippen LogP contribution in [0.5, 0.6) is 0 Å². The number of hydrogen-bond donors (Lipinski definition) is 5. The lowest BCUT2D eigenvalue weighted by Crippen LogP contribution is -2.58. The molecule has 1 aliphatic heterocycles. The van der Waals surface area contributed by atoms with Crippen LogP contribution in [-0.2, 0) is 30.4 Å². The second kappa shape index (κ2) is 13.6. The van der Waals surface area contributed by atoms with Crippen molar-refractivity contribution in [2.75, 3.05) is 6.54 Å². The van der Waals surface area contributed by atoms with E-state index in [9.17, 15) is 29.1 Å². The number of rotatable bonds is 13. The van der Waals surface area contributed by atoms with Gasteiger partial charge in [-0.1, -0.05) is 50.6 Å². The third-order valence-electron chi connectivity index (χ3n) is 6.56. The molecule has 36 heavy (non-hydrogen) atoms. The van der Waals surface area contributed by atoms with Crippen molar-refractivity contribution in [1.29, 1.82) is 0 Å². The van der Waals surface area contributed by atoms with Gasteiger partial charge in [-0.15, -0.1) is 0 Å². The smallest absolute Gasteiger partial charge is 0.326 e. The van der Waals surface area contributed by atoms with Crippen molar-refractivity contribution in [2.24, 2.45) is 11.7 Å². The zero-order valence-corrected chi connectivity index (χ0v) is 20.7. The number of nitrogens with two attached hydrogens (primary N) is 1. The molecule has 1 heterocycles. The van der Waals surface area contributed by atoms with Crippen LogP contribution in [0.15, 0.2) is 30.3 Å². The first-order valence-corrected chi connectivity index (χ1v) is 12.2. The lowest BCUT2D eigenvalue weighted by atomic mass is 9.98. The van der Waals surface area contributed by atoms with Crippen LogP contribution >= 0.6 is 0 Å². The summed E-state index contributed by atoms with van der Waals surface area (Å²) in [6, 6.07) is 5.04. The van der Waals surface area contributed by atoms with Crippen molar-refractivity contribution < 1.29 is 34.2 Å². The third-order valence-corrected chi connectivity index (χ3v) is 6.56. The minimum absolute atomic E-state index is 0.0958. The molecular weight excluding hydrogens is 468 g/mol. The van der Waals surface area contributed by atoms with Crippen LogP contribution in [0.25, 0.3) is 0 Å². The average Bonchev–Trinajstić information content (AvgIpc) is 3.35. The van der Waals surface area contributed by atoms with Crippen molar-refractivity contribution >= 4 is 29.7 Å². The van der Waals surface area contributed by atoms with Crippen LogP contribution in [0.3, 0.4) is 0 Å². The molecule has 1 fully saturated rings. The van der Waals surface area contributed by atoms with Crippen molar-refractivity contribution in [3.05, 3.63) is 35.9 Å². The van der Waals surface area contributed by atoms with Gasteiger partial charge in [-0.3, -0.25) is 19.2 Å². The van der Waals surface area contributed by atoms with Crippen LogP contribution in [0.2, 0.25) is 0 Å². The number of carbonyl (C=O) groups is 5. The molecule has 1 saturated heterocycles. The zero-order valence-electron chi connectivity index (χ0n) is 20.7. The summed E-state index contributed by atoms with van der Waals surface area (Å²) in [6.07, 6.45) is 1.02. The second-order valence-corrected chi connectivity index (χ2v) is 9.18. The van der Waals surface area contributed by atoms with E-state index in [1.54, 1.807) is 0 Å². The number of carbonyl (C=O) groups excluding carboxylic acids is 3. The highest BCUT2D eigenvalue weighted by molar-refractivity contribution is 5.94. The molecule has 11 nitrogen and oxygen atoms in total. The minimum atomic E-state index is -1.39. The largest absolute Gasteiger partial charge is 0.481 e. The highest BCUT2D eigenvalue weighted by Crippen LogP contribution is 2.20. The molecule has 0 bridgehead atoms. The van der Waals surface area contributed by atoms with Crippen LogP contribution in [0.4, 0.5) is 0 Å². The maximum atomic E-state index is 13.6. The molecule has 198 valence electrons. The van der Waals surface area contributed by atoms with Crippen molar-refractivity contribution in [2.45, 2.75) is 76.5 Å². The van der Waals surface area contributed by atoms with Gasteiger partial charge in [0.15, 0.2) is 0 Å². The fourth-order valence-electron chi connectivity index (χ4n) is 4.13. The highest BCUT2D eigenvalue weighted by Gasteiger charge is 2.39. The normalized spacial score (nSPS) is 18.5. The molecule has 1 aromatic rings. The van der Waals surface area contributed by atoms with Gasteiger partial charge >= 0.3 is 11.9 Å². The maximum absolute atomic E-state index is 13.6. The topological polar surface area (TPSA) is 179 Å². The summed E-state index contributed by atoms with van der Waals surface area (Å²) in [5, 5.41) is 23.3. The molecule has 0 saturated carbocycles. The number of carboxylic acid groups (broad SMARTS) is 2. The van der Waals surface area contributed by atoms with E-state index in [-0.39, 0.29) is 25.3 Å². The second-order valence-electron chi connectivity index (χ2n) is 9.18. The molecule has 1 aromatic carbocycles. The predicted octanol–water partition coefficient (Wildman–Crippen LogP) is 0.513. The Balaban J connectivity index is 2.20. The third kappa shape index (κ3) is 8.04. The lowest BCUT2D eigenvalue weighted by molar-refractivity contribution is -0.145. The van der Waals surface area contributed by atoms with Crippen molar-refractivity contribution in [3.8, 4) is 0 Å². The first kappa shape index (κ1) is 28.8. The van der Waals surface area contributed by atoms with Crippen LogP contribution < -0.4 is 16.4 Å². The van der Waals surface area contributed by atoms with Gasteiger partial charge in [0, 0.05) is 19.4 Å². The molecule has 1 aliphatic rings. The Morgan fingerprint density at radius 2 is 1.75 bits per heavy atom. The number of aliphatic carboxylic acids is 2. The highest BCUT2D eigenvalue weighted by atomic mass is 16.4. The van der Waals surface area contributed by atoms with E-state index in [0.29, 0.717) is 19.3 Å². The van der Waals surface area contributed by atoms with Gasteiger partial charge in [-0.25, -0.2) is 4.79 Å². The van der Waals surface area contributed by atoms with Crippen LogP contribution in [0, 0.1) is 5.92 Å². The first-order chi connectivity index (χ1) is 17.0. The Morgan fingerprint density at radius 3 is 2.33 bits per heavy atom. The summed E-state index contributed by atoms with van der Waals surface area (Å²) in [6.45, 7) is 4.03. The van der Waals surface area contributed by atoms with Crippen LogP contribution in [-0.4, -0.2) is 75.5 Å². The van der Waals surface area contributed by atoms with Gasteiger partial charge in [-0.05, 0) is 30.7 Å². The Morgan fingerprint density at radius 1 is 1.08 bits per heavy atom. The van der Waals surface area contributed by atoms with E-state index < -0.39 is 60.2 Å². The van der Waals surface area contributed by atoms with Gasteiger partial charge in [0.05, 0.1) is 6.04 Å². The SMILES string of the molecule is CCC(C)C(N)C(=O)NC(Cc1ccccc1)C(=O)N1CCCC1C(=O)NC(CCC(=O)O)C(=O)O. The van der Waals surface area contributed by atoms with E-state index in [2.05, 4.69) is 10.6 Å². The molecule has 6 N–H and O–H groups in total. The summed E-state index contributed by atoms with van der Waals surface area (Å²) < 4.78 is 0. The molecule has 11 heteroatoms. The number of likely N-dealkylation sites (tertiary alicyclic amines) is 1. The maximum Gasteiger partial charge on any atom is 0.326 e. The number of nitrogens with zero attached hydrogens (tertiary/aromatic N) is 1. The summed E-state index contributed by atoms with van der Waals surface area (Å²) in [7, 11) is 0. The Labute approximate surface area is 210 Å². The summed E-state index contributed by atoms with van der Waals surface area (Å²) >= 11 is 0. The number of benzene rings is 1. The molecule has 0 aromatic heterocycles. The molecule has 5 atom stereocenters. The monoisotopic (exact) mass is 504 g/mol. The molecule has 0 aliphatic carbocycles. The van der Waals surface area contributed by atoms with Gasteiger partial charge in [-0.2, -0.15) is 0 Å². The molecule has 0 spiro atoms. The Hall–Kier alpha value is -3.47. The molecule has 2 rings (SSSR count). The fraction of sp³-hybridized carbons (Fsp3) is 0.560. The van der Waals surface area contributed by atoms with E-state index in [1.807, 2.05) is 44.2 Å². The zero-order chi connectivity index (χ0) is 26.8. The summed E-state index contributed by atoms with van der Waals surface area (Å²) in [4.78, 5) is 63.0. The molecular formula is C25H36N4O7. The fourth-order valence-corrected chi connectivity index (χ4v) is 4.13. The summed E-state index contributed by atoms with van der Waals surface area (Å²) in [5.74, 6) is -4.21. The van der Waals surface area contributed by atoms with Gasteiger partial charge < -0.3 is 31.5 Å². The number of nitrogens with one attached hydrogen (secondary N) is 2. The number of carboxylic acids is 2. The first-order valence-electron chi connectivity index (χ1n) is 12.2. The van der Waals surface area contributed by atoms with E-state index in [1.165, 1.54) is 4.90 Å². The molecule has 5 unspecified atom stereocenters. The Bertz CT molecular complexity index is 940. The minimum Gasteiger partial charge on any atom is -0.481 e. The van der Waals surface area contributed by atoms with E-state index in [4.69, 9.17) is 10.8 Å². The van der Waals surface area contributed by atoms with Gasteiger partial charge in [0.25, 0.3) is 0 Å². The van der Waals surface area contributed by atoms with Crippen LogP contribution in [0.1, 0.15) is 51.5 Å². The van der Waals surface area contributed by atoms with Gasteiger partial charge in [0.2, 0.25) is 17.7 Å². The molecule has 3 amide bonds. The standard InChI is InChI=1S/C25H36N4O7/c1-3-15(2)21(26)23(33)28-18(14-16-8-5-4-6-9-16)24(34)29-13-7-10-19(29)22(32)27-17(25(35)36)11-12-20(30)31/h4-6,8-9,15,17-19,21H,3,7,10-14,26H2,1-2H3,(H,27,32)(H,28,33)(H,30,31)(H,35,36). The Kier molecular flexibility index (Phi) is 10.8. The number of amides is 3. The van der Waals surface area contributed by atoms with E-state index >= 15 is 0 Å². The lowest BCUT2D eigenvalue weighted by Gasteiger charge is -2.30. The van der Waals surface area contributed by atoms with Crippen molar-refractivity contribution in [3.63, 3.8) is 0 Å². The molecule has 0 radical (unpaired) electrons. The van der Waals surface area contributed by atoms with Gasteiger partial charge in [0.1, 0.15) is 18.1 Å². The van der Waals surface area contributed by atoms with E-state index in [0.717, 1.165) is 5.56 Å². The number of hydrogen-bond acceptors (Lipinski definition) is 6. The summed E-state index contributed by atoms with van der Waals surface area (Å²) in [5.41, 5.74) is 6.89.